The normalized spacial score (nSPS) is 12.2. The van der Waals surface area contributed by atoms with E-state index in [4.69, 9.17) is 10.5 Å². The van der Waals surface area contributed by atoms with Crippen LogP contribution < -0.4 is 11.1 Å². The molecule has 0 aliphatic rings. The molecule has 1 aromatic carbocycles. The van der Waals surface area contributed by atoms with E-state index in [-0.39, 0.29) is 24.9 Å². The monoisotopic (exact) mass is 304 g/mol. The standard InChI is InChI=1S/C11H14BrFN2O2/c1-17-6-10(14)11(16)15-5-7-2-3-8(13)4-9(7)12/h2-4,10H,5-6,14H2,1H3,(H,15,16). The van der Waals surface area contributed by atoms with E-state index in [0.717, 1.165) is 5.56 Å². The first-order valence-corrected chi connectivity index (χ1v) is 5.80. The van der Waals surface area contributed by atoms with E-state index >= 15 is 0 Å². The molecular formula is C11H14BrFN2O2. The minimum Gasteiger partial charge on any atom is -0.383 e. The maximum atomic E-state index is 12.8. The minimum atomic E-state index is -0.695. The fraction of sp³-hybridized carbons (Fsp3) is 0.364. The molecule has 0 aliphatic carbocycles. The summed E-state index contributed by atoms with van der Waals surface area (Å²) in [5.74, 6) is -0.633. The van der Waals surface area contributed by atoms with Crippen molar-refractivity contribution >= 4 is 21.8 Å². The fourth-order valence-corrected chi connectivity index (χ4v) is 1.72. The second kappa shape index (κ2) is 6.68. The molecule has 0 fully saturated rings. The first-order valence-electron chi connectivity index (χ1n) is 5.00. The van der Waals surface area contributed by atoms with Crippen LogP contribution in [0.4, 0.5) is 4.39 Å². The Morgan fingerprint density at radius 2 is 2.35 bits per heavy atom. The summed E-state index contributed by atoms with van der Waals surface area (Å²) in [6, 6.07) is 3.58. The molecule has 1 amide bonds. The summed E-state index contributed by atoms with van der Waals surface area (Å²) in [7, 11) is 1.48. The third-order valence-corrected chi connectivity index (χ3v) is 2.89. The summed E-state index contributed by atoms with van der Waals surface area (Å²) in [4.78, 5) is 11.5. The molecule has 1 rings (SSSR count). The van der Waals surface area contributed by atoms with E-state index in [9.17, 15) is 9.18 Å². The first kappa shape index (κ1) is 14.1. The predicted octanol–water partition coefficient (Wildman–Crippen LogP) is 1.18. The van der Waals surface area contributed by atoms with Gasteiger partial charge in [-0.3, -0.25) is 4.79 Å². The van der Waals surface area contributed by atoms with Gasteiger partial charge in [-0.15, -0.1) is 0 Å². The average Bonchev–Trinajstić information content (AvgIpc) is 2.27. The van der Waals surface area contributed by atoms with Gasteiger partial charge in [-0.1, -0.05) is 22.0 Å². The van der Waals surface area contributed by atoms with E-state index in [1.54, 1.807) is 6.07 Å². The Kier molecular flexibility index (Phi) is 5.54. The molecule has 1 aromatic rings. The van der Waals surface area contributed by atoms with Gasteiger partial charge in [-0.05, 0) is 17.7 Å². The van der Waals surface area contributed by atoms with Crippen molar-refractivity contribution in [3.63, 3.8) is 0 Å². The van der Waals surface area contributed by atoms with Gasteiger partial charge in [0.2, 0.25) is 5.91 Å². The molecule has 0 saturated carbocycles. The number of ether oxygens (including phenoxy) is 1. The van der Waals surface area contributed by atoms with E-state index in [0.29, 0.717) is 4.47 Å². The van der Waals surface area contributed by atoms with Crippen molar-refractivity contribution in [2.24, 2.45) is 5.73 Å². The zero-order valence-electron chi connectivity index (χ0n) is 9.37. The molecular weight excluding hydrogens is 291 g/mol. The number of hydrogen-bond donors (Lipinski definition) is 2. The van der Waals surface area contributed by atoms with E-state index in [2.05, 4.69) is 21.2 Å². The molecule has 1 atom stereocenters. The van der Waals surface area contributed by atoms with Crippen molar-refractivity contribution in [1.82, 2.24) is 5.32 Å². The van der Waals surface area contributed by atoms with Crippen molar-refractivity contribution in [2.75, 3.05) is 13.7 Å². The third kappa shape index (κ3) is 4.41. The largest absolute Gasteiger partial charge is 0.383 e. The van der Waals surface area contributed by atoms with Crippen LogP contribution in [0.25, 0.3) is 0 Å². The highest BCUT2D eigenvalue weighted by Gasteiger charge is 2.12. The number of amides is 1. The van der Waals surface area contributed by atoms with Crippen molar-refractivity contribution in [2.45, 2.75) is 12.6 Å². The van der Waals surface area contributed by atoms with Crippen LogP contribution in [0.3, 0.4) is 0 Å². The number of hydrogen-bond acceptors (Lipinski definition) is 3. The Balaban J connectivity index is 2.53. The lowest BCUT2D eigenvalue weighted by molar-refractivity contribution is -0.123. The van der Waals surface area contributed by atoms with Crippen LogP contribution >= 0.6 is 15.9 Å². The number of nitrogens with one attached hydrogen (secondary N) is 1. The molecule has 0 aliphatic heterocycles. The van der Waals surface area contributed by atoms with E-state index in [1.165, 1.54) is 19.2 Å². The Hall–Kier alpha value is -0.980. The number of methoxy groups -OCH3 is 1. The van der Waals surface area contributed by atoms with Crippen molar-refractivity contribution in [1.29, 1.82) is 0 Å². The maximum absolute atomic E-state index is 12.8. The molecule has 4 nitrogen and oxygen atoms in total. The van der Waals surface area contributed by atoms with Gasteiger partial charge in [0.25, 0.3) is 0 Å². The van der Waals surface area contributed by atoms with Gasteiger partial charge >= 0.3 is 0 Å². The topological polar surface area (TPSA) is 64.3 Å². The first-order chi connectivity index (χ1) is 8.04. The molecule has 6 heteroatoms. The van der Waals surface area contributed by atoms with Crippen molar-refractivity contribution < 1.29 is 13.9 Å². The lowest BCUT2D eigenvalue weighted by Crippen LogP contribution is -2.43. The molecule has 0 heterocycles. The van der Waals surface area contributed by atoms with Gasteiger partial charge in [0.1, 0.15) is 11.9 Å². The molecule has 0 bridgehead atoms. The van der Waals surface area contributed by atoms with Gasteiger partial charge in [0, 0.05) is 18.1 Å². The van der Waals surface area contributed by atoms with Gasteiger partial charge in [0.15, 0.2) is 0 Å². The second-order valence-corrected chi connectivity index (χ2v) is 4.37. The average molecular weight is 305 g/mol. The molecule has 94 valence electrons. The molecule has 0 spiro atoms. The van der Waals surface area contributed by atoms with Crippen LogP contribution in [0.2, 0.25) is 0 Å². The second-order valence-electron chi connectivity index (χ2n) is 3.52. The van der Waals surface area contributed by atoms with E-state index in [1.807, 2.05) is 0 Å². The SMILES string of the molecule is COCC(N)C(=O)NCc1ccc(F)cc1Br. The summed E-state index contributed by atoms with van der Waals surface area (Å²) >= 11 is 3.22. The van der Waals surface area contributed by atoms with Crippen LogP contribution in [-0.2, 0) is 16.1 Å². The summed E-state index contributed by atoms with van der Waals surface area (Å²) in [5, 5.41) is 2.65. The van der Waals surface area contributed by atoms with E-state index < -0.39 is 6.04 Å². The van der Waals surface area contributed by atoms with Gasteiger partial charge in [0.05, 0.1) is 6.61 Å². The Morgan fingerprint density at radius 1 is 1.65 bits per heavy atom. The highest BCUT2D eigenvalue weighted by molar-refractivity contribution is 9.10. The summed E-state index contributed by atoms with van der Waals surface area (Å²) < 4.78 is 18.2. The van der Waals surface area contributed by atoms with Gasteiger partial charge in [-0.25, -0.2) is 4.39 Å². The number of halogens is 2. The number of rotatable bonds is 5. The van der Waals surface area contributed by atoms with Crippen LogP contribution in [0, 0.1) is 5.82 Å². The zero-order valence-corrected chi connectivity index (χ0v) is 11.0. The van der Waals surface area contributed by atoms with Crippen molar-refractivity contribution in [3.8, 4) is 0 Å². The number of nitrogens with two attached hydrogens (primary N) is 1. The molecule has 0 aromatic heterocycles. The molecule has 0 radical (unpaired) electrons. The summed E-state index contributed by atoms with van der Waals surface area (Å²) in [6.45, 7) is 0.452. The predicted molar refractivity (Wildman–Crippen MR) is 65.8 cm³/mol. The highest BCUT2D eigenvalue weighted by Crippen LogP contribution is 2.17. The Labute approximate surface area is 107 Å². The summed E-state index contributed by atoms with van der Waals surface area (Å²) in [6.07, 6.45) is 0. The Bertz CT molecular complexity index is 401. The van der Waals surface area contributed by atoms with Gasteiger partial charge in [-0.2, -0.15) is 0 Å². The third-order valence-electron chi connectivity index (χ3n) is 2.15. The highest BCUT2D eigenvalue weighted by atomic mass is 79.9. The maximum Gasteiger partial charge on any atom is 0.239 e. The summed E-state index contributed by atoms with van der Waals surface area (Å²) in [5.41, 5.74) is 6.33. The smallest absolute Gasteiger partial charge is 0.239 e. The lowest BCUT2D eigenvalue weighted by atomic mass is 10.2. The van der Waals surface area contributed by atoms with Crippen LogP contribution in [0.1, 0.15) is 5.56 Å². The lowest BCUT2D eigenvalue weighted by Gasteiger charge is -2.12. The number of benzene rings is 1. The molecule has 1 unspecified atom stereocenters. The molecule has 17 heavy (non-hydrogen) atoms. The van der Waals surface area contributed by atoms with Crippen molar-refractivity contribution in [3.05, 3.63) is 34.1 Å². The van der Waals surface area contributed by atoms with Crippen LogP contribution in [0.15, 0.2) is 22.7 Å². The fourth-order valence-electron chi connectivity index (χ4n) is 1.23. The Morgan fingerprint density at radius 3 is 2.94 bits per heavy atom. The number of carbonyl (C=O) groups is 1. The quantitative estimate of drug-likeness (QED) is 0.858. The van der Waals surface area contributed by atoms with Crippen LogP contribution in [-0.4, -0.2) is 25.7 Å². The van der Waals surface area contributed by atoms with Gasteiger partial charge < -0.3 is 15.8 Å². The van der Waals surface area contributed by atoms with Crippen LogP contribution in [0.5, 0.6) is 0 Å². The minimum absolute atomic E-state index is 0.163. The zero-order chi connectivity index (χ0) is 12.8. The molecule has 0 saturated heterocycles. The molecule has 3 N–H and O–H groups in total. The number of carbonyl (C=O) groups excluding carboxylic acids is 1.